The Morgan fingerprint density at radius 3 is 2.56 bits per heavy atom. The molecule has 0 atom stereocenters. The summed E-state index contributed by atoms with van der Waals surface area (Å²) in [4.78, 5) is 11.7. The van der Waals surface area contributed by atoms with Crippen molar-refractivity contribution in [3.05, 3.63) is 41.4 Å². The molecule has 0 aliphatic heterocycles. The van der Waals surface area contributed by atoms with Crippen LogP contribution in [0.15, 0.2) is 36.4 Å². The van der Waals surface area contributed by atoms with E-state index in [0.717, 1.165) is 47.7 Å². The number of hydrogen-bond donors (Lipinski definition) is 0. The molecule has 0 N–H and O–H groups in total. The van der Waals surface area contributed by atoms with Crippen molar-refractivity contribution < 1.29 is 9.53 Å². The third-order valence-electron chi connectivity index (χ3n) is 3.76. The first-order valence-corrected chi connectivity index (χ1v) is 9.85. The normalized spacial score (nSPS) is 11.1. The van der Waals surface area contributed by atoms with Crippen molar-refractivity contribution in [1.82, 2.24) is 10.2 Å². The van der Waals surface area contributed by atoms with Crippen LogP contribution in [0, 0.1) is 0 Å². The Balaban J connectivity index is 1.89. The minimum atomic E-state index is -0.335. The largest absolute Gasteiger partial charge is 0.423 e. The van der Waals surface area contributed by atoms with Crippen LogP contribution in [0.1, 0.15) is 57.4 Å². The molecule has 1 heterocycles. The molecule has 5 heteroatoms. The lowest BCUT2D eigenvalue weighted by atomic mass is 10.2. The van der Waals surface area contributed by atoms with E-state index in [1.54, 1.807) is 23.5 Å². The van der Waals surface area contributed by atoms with Gasteiger partial charge in [0.2, 0.25) is 0 Å². The van der Waals surface area contributed by atoms with Crippen molar-refractivity contribution in [3.8, 4) is 16.3 Å². The quantitative estimate of drug-likeness (QED) is 0.240. The predicted octanol–water partition coefficient (Wildman–Crippen LogP) is 5.59. The van der Waals surface area contributed by atoms with Crippen molar-refractivity contribution in [2.24, 2.45) is 0 Å². The Morgan fingerprint density at radius 1 is 1.08 bits per heavy atom. The lowest BCUT2D eigenvalue weighted by Crippen LogP contribution is -2.03. The molecular formula is C20H26N2O2S. The Labute approximate surface area is 154 Å². The van der Waals surface area contributed by atoms with Gasteiger partial charge in [-0.1, -0.05) is 56.9 Å². The van der Waals surface area contributed by atoms with Crippen LogP contribution in [0.25, 0.3) is 10.6 Å². The second-order valence-electron chi connectivity index (χ2n) is 5.95. The maximum atomic E-state index is 11.7. The summed E-state index contributed by atoms with van der Waals surface area (Å²) in [5.74, 6) is 0.208. The van der Waals surface area contributed by atoms with Crippen molar-refractivity contribution in [2.45, 2.75) is 58.8 Å². The summed E-state index contributed by atoms with van der Waals surface area (Å²) < 4.78 is 5.30. The average Bonchev–Trinajstić information content (AvgIpc) is 3.09. The van der Waals surface area contributed by atoms with E-state index in [2.05, 4.69) is 24.0 Å². The molecule has 2 aromatic rings. The molecule has 0 aliphatic rings. The first kappa shape index (κ1) is 19.3. The van der Waals surface area contributed by atoms with Crippen LogP contribution in [0.4, 0.5) is 0 Å². The number of unbranched alkanes of at least 4 members (excludes halogenated alkanes) is 4. The average molecular weight is 359 g/mol. The van der Waals surface area contributed by atoms with Gasteiger partial charge in [-0.2, -0.15) is 0 Å². The number of carbonyl (C=O) groups excluding carboxylic acids is 1. The summed E-state index contributed by atoms with van der Waals surface area (Å²) in [6.07, 6.45) is 11.0. The highest BCUT2D eigenvalue weighted by atomic mass is 32.1. The standard InChI is InChI=1S/C20H26N2O2S/c1-3-5-7-9-11-19(23)24-17-14-12-16(13-15-17)20-22-21-18(25-20)10-8-6-4-2/h9,11-15H,3-8,10H2,1-2H3/b11-9+. The number of aromatic nitrogens is 2. The SMILES string of the molecule is CCCC/C=C/C(=O)Oc1ccc(-c2nnc(CCCCC)s2)cc1. The van der Waals surface area contributed by atoms with Crippen molar-refractivity contribution in [2.75, 3.05) is 0 Å². The molecule has 0 saturated heterocycles. The highest BCUT2D eigenvalue weighted by Gasteiger charge is 2.07. The first-order chi connectivity index (χ1) is 12.2. The number of aryl methyl sites for hydroxylation is 1. The Morgan fingerprint density at radius 2 is 1.84 bits per heavy atom. The Kier molecular flexibility index (Phi) is 8.32. The topological polar surface area (TPSA) is 52.1 Å². The van der Waals surface area contributed by atoms with E-state index in [4.69, 9.17) is 4.74 Å². The van der Waals surface area contributed by atoms with Gasteiger partial charge >= 0.3 is 5.97 Å². The number of ether oxygens (including phenoxy) is 1. The third kappa shape index (κ3) is 6.78. The van der Waals surface area contributed by atoms with Gasteiger partial charge in [0.15, 0.2) is 0 Å². The minimum Gasteiger partial charge on any atom is -0.423 e. The van der Waals surface area contributed by atoms with Gasteiger partial charge in [-0.3, -0.25) is 0 Å². The van der Waals surface area contributed by atoms with E-state index in [1.165, 1.54) is 18.9 Å². The van der Waals surface area contributed by atoms with Gasteiger partial charge in [-0.15, -0.1) is 10.2 Å². The fraction of sp³-hybridized carbons (Fsp3) is 0.450. The number of allylic oxidation sites excluding steroid dienone is 1. The summed E-state index contributed by atoms with van der Waals surface area (Å²) in [7, 11) is 0. The molecule has 0 fully saturated rings. The summed E-state index contributed by atoms with van der Waals surface area (Å²) in [5, 5.41) is 10.5. The molecule has 0 aliphatic carbocycles. The van der Waals surface area contributed by atoms with Gasteiger partial charge in [0.1, 0.15) is 15.8 Å². The fourth-order valence-electron chi connectivity index (χ4n) is 2.31. The van der Waals surface area contributed by atoms with E-state index in [1.807, 2.05) is 18.2 Å². The molecule has 0 unspecified atom stereocenters. The minimum absolute atomic E-state index is 0.335. The summed E-state index contributed by atoms with van der Waals surface area (Å²) in [6, 6.07) is 7.43. The number of hydrogen-bond acceptors (Lipinski definition) is 5. The van der Waals surface area contributed by atoms with Crippen LogP contribution in [-0.2, 0) is 11.2 Å². The van der Waals surface area contributed by atoms with Gasteiger partial charge in [-0.25, -0.2) is 4.79 Å². The molecule has 0 amide bonds. The van der Waals surface area contributed by atoms with E-state index < -0.39 is 0 Å². The molecular weight excluding hydrogens is 332 g/mol. The maximum Gasteiger partial charge on any atom is 0.335 e. The second-order valence-corrected chi connectivity index (χ2v) is 7.01. The molecule has 0 radical (unpaired) electrons. The van der Waals surface area contributed by atoms with Gasteiger partial charge in [0.25, 0.3) is 0 Å². The van der Waals surface area contributed by atoms with Gasteiger partial charge in [-0.05, 0) is 37.1 Å². The van der Waals surface area contributed by atoms with Crippen LogP contribution in [0.2, 0.25) is 0 Å². The van der Waals surface area contributed by atoms with Crippen LogP contribution in [0.3, 0.4) is 0 Å². The van der Waals surface area contributed by atoms with Crippen molar-refractivity contribution in [1.29, 1.82) is 0 Å². The van der Waals surface area contributed by atoms with Crippen LogP contribution in [-0.4, -0.2) is 16.2 Å². The van der Waals surface area contributed by atoms with E-state index in [0.29, 0.717) is 5.75 Å². The van der Waals surface area contributed by atoms with Crippen molar-refractivity contribution in [3.63, 3.8) is 0 Å². The van der Waals surface area contributed by atoms with Crippen LogP contribution in [0.5, 0.6) is 5.75 Å². The summed E-state index contributed by atoms with van der Waals surface area (Å²) >= 11 is 1.63. The van der Waals surface area contributed by atoms with Gasteiger partial charge in [0, 0.05) is 18.1 Å². The highest BCUT2D eigenvalue weighted by molar-refractivity contribution is 7.14. The molecule has 0 bridgehead atoms. The first-order valence-electron chi connectivity index (χ1n) is 9.04. The van der Waals surface area contributed by atoms with E-state index in [9.17, 15) is 4.79 Å². The molecule has 0 spiro atoms. The van der Waals surface area contributed by atoms with E-state index >= 15 is 0 Å². The monoisotopic (exact) mass is 358 g/mol. The Bertz CT molecular complexity index is 677. The third-order valence-corrected chi connectivity index (χ3v) is 4.79. The number of carbonyl (C=O) groups is 1. The lowest BCUT2D eigenvalue weighted by Gasteiger charge is -2.02. The highest BCUT2D eigenvalue weighted by Crippen LogP contribution is 2.26. The zero-order valence-electron chi connectivity index (χ0n) is 15.0. The summed E-state index contributed by atoms with van der Waals surface area (Å²) in [5.41, 5.74) is 0.998. The van der Waals surface area contributed by atoms with Gasteiger partial charge < -0.3 is 4.74 Å². The number of nitrogens with zero attached hydrogens (tertiary/aromatic N) is 2. The number of benzene rings is 1. The van der Waals surface area contributed by atoms with Crippen LogP contribution >= 0.6 is 11.3 Å². The molecule has 134 valence electrons. The molecule has 2 rings (SSSR count). The zero-order chi connectivity index (χ0) is 17.9. The molecule has 1 aromatic heterocycles. The molecule has 1 aromatic carbocycles. The Hall–Kier alpha value is -2.01. The number of rotatable bonds is 10. The lowest BCUT2D eigenvalue weighted by molar-refractivity contribution is -0.129. The molecule has 25 heavy (non-hydrogen) atoms. The summed E-state index contributed by atoms with van der Waals surface area (Å²) in [6.45, 7) is 4.32. The number of esters is 1. The predicted molar refractivity (Wildman–Crippen MR) is 103 cm³/mol. The molecule has 0 saturated carbocycles. The second kappa shape index (κ2) is 10.8. The fourth-order valence-corrected chi connectivity index (χ4v) is 3.20. The van der Waals surface area contributed by atoms with Gasteiger partial charge in [0.05, 0.1) is 0 Å². The molecule has 4 nitrogen and oxygen atoms in total. The smallest absolute Gasteiger partial charge is 0.335 e. The zero-order valence-corrected chi connectivity index (χ0v) is 15.8. The van der Waals surface area contributed by atoms with Crippen molar-refractivity contribution >= 4 is 17.3 Å². The van der Waals surface area contributed by atoms with Crippen LogP contribution < -0.4 is 4.74 Å². The maximum absolute atomic E-state index is 11.7. The van der Waals surface area contributed by atoms with E-state index in [-0.39, 0.29) is 5.97 Å².